The highest BCUT2D eigenvalue weighted by Gasteiger charge is 2.12. The van der Waals surface area contributed by atoms with Gasteiger partial charge in [0.15, 0.2) is 0 Å². The van der Waals surface area contributed by atoms with Crippen molar-refractivity contribution in [2.24, 2.45) is 0 Å². The molecule has 2 aromatic rings. The molecular formula is C22H27N3O2. The molecule has 0 aliphatic rings. The average Bonchev–Trinajstić information content (AvgIpc) is 2.92. The quantitative estimate of drug-likeness (QED) is 0.565. The molecule has 0 spiro atoms. The summed E-state index contributed by atoms with van der Waals surface area (Å²) < 4.78 is 7.68. The van der Waals surface area contributed by atoms with Crippen molar-refractivity contribution >= 4 is 12.0 Å². The molecule has 0 saturated heterocycles. The predicted molar refractivity (Wildman–Crippen MR) is 107 cm³/mol. The van der Waals surface area contributed by atoms with Crippen molar-refractivity contribution in [3.05, 3.63) is 58.4 Å². The van der Waals surface area contributed by atoms with Crippen molar-refractivity contribution in [2.75, 3.05) is 6.61 Å². The molecule has 1 N–H and O–H groups in total. The summed E-state index contributed by atoms with van der Waals surface area (Å²) in [5, 5.41) is 12.2. The van der Waals surface area contributed by atoms with Crippen LogP contribution in [0.3, 0.4) is 0 Å². The number of nitriles is 1. The lowest BCUT2D eigenvalue weighted by Crippen LogP contribution is -2.24. The molecule has 5 nitrogen and oxygen atoms in total. The Bertz CT molecular complexity index is 872. The smallest absolute Gasteiger partial charge is 0.262 e. The van der Waals surface area contributed by atoms with E-state index in [1.165, 1.54) is 0 Å². The summed E-state index contributed by atoms with van der Waals surface area (Å²) in [4.78, 5) is 12.5. The highest BCUT2D eigenvalue weighted by Crippen LogP contribution is 2.19. The Kier molecular flexibility index (Phi) is 7.25. The molecule has 0 aliphatic heterocycles. The summed E-state index contributed by atoms with van der Waals surface area (Å²) in [6.07, 6.45) is 2.70. The molecule has 2 rings (SSSR count). The molecule has 0 saturated carbocycles. The Hall–Kier alpha value is -3.00. The van der Waals surface area contributed by atoms with Crippen LogP contribution in [0.2, 0.25) is 0 Å². The van der Waals surface area contributed by atoms with Gasteiger partial charge in [-0.15, -0.1) is 0 Å². The minimum absolute atomic E-state index is 0.104. The molecule has 1 amide bonds. The number of rotatable bonds is 8. The molecule has 0 aliphatic carbocycles. The van der Waals surface area contributed by atoms with E-state index in [0.717, 1.165) is 41.2 Å². The van der Waals surface area contributed by atoms with E-state index in [0.29, 0.717) is 13.2 Å². The lowest BCUT2D eigenvalue weighted by atomic mass is 10.1. The first-order chi connectivity index (χ1) is 13.0. The third kappa shape index (κ3) is 5.24. The van der Waals surface area contributed by atoms with E-state index in [1.54, 1.807) is 6.08 Å². The second kappa shape index (κ2) is 9.63. The molecule has 27 heavy (non-hydrogen) atoms. The van der Waals surface area contributed by atoms with Gasteiger partial charge >= 0.3 is 0 Å². The summed E-state index contributed by atoms with van der Waals surface area (Å²) in [6, 6.07) is 11.6. The zero-order valence-corrected chi connectivity index (χ0v) is 16.5. The van der Waals surface area contributed by atoms with Gasteiger partial charge < -0.3 is 14.6 Å². The van der Waals surface area contributed by atoms with E-state index in [1.807, 2.05) is 57.2 Å². The maximum absolute atomic E-state index is 12.5. The molecule has 0 unspecified atom stereocenters. The third-order valence-corrected chi connectivity index (χ3v) is 4.39. The molecule has 1 aromatic heterocycles. The second-order valence-electron chi connectivity index (χ2n) is 6.41. The number of aryl methyl sites for hydroxylation is 1. The van der Waals surface area contributed by atoms with Gasteiger partial charge in [0.2, 0.25) is 0 Å². The number of hydrogen-bond donors (Lipinski definition) is 1. The van der Waals surface area contributed by atoms with Crippen LogP contribution in [0.15, 0.2) is 35.9 Å². The van der Waals surface area contributed by atoms with Crippen LogP contribution in [-0.4, -0.2) is 17.1 Å². The van der Waals surface area contributed by atoms with E-state index >= 15 is 0 Å². The number of nitrogens with zero attached hydrogens (tertiary/aromatic N) is 2. The SMILES string of the molecule is CCCn1c(C)cc(/C=C(\C#N)C(=O)NCc2cccc(OCC)c2)c1C. The highest BCUT2D eigenvalue weighted by molar-refractivity contribution is 6.01. The number of benzene rings is 1. The Morgan fingerprint density at radius 1 is 1.30 bits per heavy atom. The average molecular weight is 365 g/mol. The fourth-order valence-corrected chi connectivity index (χ4v) is 3.04. The number of carbonyl (C=O) groups is 1. The van der Waals surface area contributed by atoms with Crippen molar-refractivity contribution < 1.29 is 9.53 Å². The maximum Gasteiger partial charge on any atom is 0.262 e. The van der Waals surface area contributed by atoms with Gasteiger partial charge in [0.1, 0.15) is 17.4 Å². The summed E-state index contributed by atoms with van der Waals surface area (Å²) in [5.74, 6) is 0.392. The molecule has 5 heteroatoms. The van der Waals surface area contributed by atoms with Gasteiger partial charge in [0.05, 0.1) is 6.61 Å². The normalized spacial score (nSPS) is 11.1. The molecule has 0 bridgehead atoms. The second-order valence-corrected chi connectivity index (χ2v) is 6.41. The summed E-state index contributed by atoms with van der Waals surface area (Å²) >= 11 is 0. The molecule has 142 valence electrons. The predicted octanol–water partition coefficient (Wildman–Crippen LogP) is 4.14. The van der Waals surface area contributed by atoms with Gasteiger partial charge in [-0.2, -0.15) is 5.26 Å². The minimum Gasteiger partial charge on any atom is -0.494 e. The summed E-state index contributed by atoms with van der Waals surface area (Å²) in [6.45, 7) is 9.97. The fraction of sp³-hybridized carbons (Fsp3) is 0.364. The first kappa shape index (κ1) is 20.3. The van der Waals surface area contributed by atoms with Crippen LogP contribution in [0.4, 0.5) is 0 Å². The number of amides is 1. The van der Waals surface area contributed by atoms with Crippen molar-refractivity contribution in [3.8, 4) is 11.8 Å². The van der Waals surface area contributed by atoms with Gasteiger partial charge in [-0.25, -0.2) is 0 Å². The monoisotopic (exact) mass is 365 g/mol. The molecule has 1 heterocycles. The van der Waals surface area contributed by atoms with E-state index in [4.69, 9.17) is 4.74 Å². The minimum atomic E-state index is -0.375. The maximum atomic E-state index is 12.5. The Morgan fingerprint density at radius 2 is 2.07 bits per heavy atom. The molecule has 1 aromatic carbocycles. The topological polar surface area (TPSA) is 67.0 Å². The van der Waals surface area contributed by atoms with E-state index < -0.39 is 0 Å². The number of aromatic nitrogens is 1. The summed E-state index contributed by atoms with van der Waals surface area (Å²) in [7, 11) is 0. The van der Waals surface area contributed by atoms with Crippen molar-refractivity contribution in [2.45, 2.75) is 47.2 Å². The Balaban J connectivity index is 2.12. The molecule has 0 radical (unpaired) electrons. The van der Waals surface area contributed by atoms with Gasteiger partial charge in [-0.1, -0.05) is 19.1 Å². The largest absolute Gasteiger partial charge is 0.494 e. The van der Waals surface area contributed by atoms with Crippen LogP contribution in [0.5, 0.6) is 5.75 Å². The van der Waals surface area contributed by atoms with Crippen LogP contribution in [0, 0.1) is 25.2 Å². The molecule has 0 fully saturated rings. The molecule has 0 atom stereocenters. The van der Waals surface area contributed by atoms with Crippen LogP contribution in [0.1, 0.15) is 42.8 Å². The lowest BCUT2D eigenvalue weighted by Gasteiger charge is -2.08. The number of carbonyl (C=O) groups excluding carboxylic acids is 1. The van der Waals surface area contributed by atoms with E-state index in [-0.39, 0.29) is 11.5 Å². The van der Waals surface area contributed by atoms with Crippen LogP contribution in [0.25, 0.3) is 6.08 Å². The van der Waals surface area contributed by atoms with Gasteiger partial charge in [-0.3, -0.25) is 4.79 Å². The zero-order chi connectivity index (χ0) is 19.8. The van der Waals surface area contributed by atoms with Gasteiger partial charge in [0, 0.05) is 24.5 Å². The van der Waals surface area contributed by atoms with Gasteiger partial charge in [-0.05, 0) is 62.6 Å². The standard InChI is InChI=1S/C22H27N3O2/c1-5-10-25-16(3)11-19(17(25)4)13-20(14-23)22(26)24-15-18-8-7-9-21(12-18)27-6-2/h7-9,11-13H,5-6,10,15H2,1-4H3,(H,24,26)/b20-13+. The zero-order valence-electron chi connectivity index (χ0n) is 16.5. The fourth-order valence-electron chi connectivity index (χ4n) is 3.04. The first-order valence-electron chi connectivity index (χ1n) is 9.28. The third-order valence-electron chi connectivity index (χ3n) is 4.39. The summed E-state index contributed by atoms with van der Waals surface area (Å²) in [5.41, 5.74) is 4.14. The van der Waals surface area contributed by atoms with Crippen LogP contribution < -0.4 is 10.1 Å². The van der Waals surface area contributed by atoms with Crippen molar-refractivity contribution in [1.29, 1.82) is 5.26 Å². The van der Waals surface area contributed by atoms with Crippen molar-refractivity contribution in [3.63, 3.8) is 0 Å². The van der Waals surface area contributed by atoms with Crippen LogP contribution >= 0.6 is 0 Å². The molecular weight excluding hydrogens is 338 g/mol. The van der Waals surface area contributed by atoms with E-state index in [9.17, 15) is 10.1 Å². The Morgan fingerprint density at radius 3 is 2.74 bits per heavy atom. The number of ether oxygens (including phenoxy) is 1. The Labute approximate surface area is 161 Å². The number of nitrogens with one attached hydrogen (secondary N) is 1. The van der Waals surface area contributed by atoms with Crippen molar-refractivity contribution in [1.82, 2.24) is 9.88 Å². The number of hydrogen-bond acceptors (Lipinski definition) is 3. The highest BCUT2D eigenvalue weighted by atomic mass is 16.5. The van der Waals surface area contributed by atoms with Crippen LogP contribution in [-0.2, 0) is 17.9 Å². The lowest BCUT2D eigenvalue weighted by molar-refractivity contribution is -0.117. The first-order valence-corrected chi connectivity index (χ1v) is 9.28. The van der Waals surface area contributed by atoms with E-state index in [2.05, 4.69) is 16.8 Å². The van der Waals surface area contributed by atoms with Gasteiger partial charge in [0.25, 0.3) is 5.91 Å².